The topological polar surface area (TPSA) is 71.2 Å². The first-order valence-corrected chi connectivity index (χ1v) is 11.3. The molecule has 0 bridgehead atoms. The standard InChI is InChI=1S/C26H30N4O2/c1-5-26(2,3)18-6-9-20(10-7-18)32-21-12-14-30(15-13-21)23-16-24(31)29(4)22-11-8-19(17-27)28-25(22)23/h6-11,16,21H,5,12-15H2,1-4H3. The Bertz CT molecular complexity index is 1210. The van der Waals surface area contributed by atoms with E-state index < -0.39 is 0 Å². The third-order valence-corrected chi connectivity index (χ3v) is 6.79. The molecule has 3 heterocycles. The summed E-state index contributed by atoms with van der Waals surface area (Å²) in [6.07, 6.45) is 2.94. The molecule has 1 fully saturated rings. The number of piperidine rings is 1. The molecule has 0 spiro atoms. The van der Waals surface area contributed by atoms with Crippen LogP contribution in [0.4, 0.5) is 5.69 Å². The number of nitriles is 1. The first kappa shape index (κ1) is 21.9. The molecule has 1 aromatic carbocycles. The highest BCUT2D eigenvalue weighted by molar-refractivity contribution is 5.88. The Morgan fingerprint density at radius 3 is 2.47 bits per heavy atom. The fourth-order valence-corrected chi connectivity index (χ4v) is 4.21. The van der Waals surface area contributed by atoms with Gasteiger partial charge in [-0.3, -0.25) is 4.79 Å². The summed E-state index contributed by atoms with van der Waals surface area (Å²) in [5, 5.41) is 9.26. The van der Waals surface area contributed by atoms with Gasteiger partial charge in [-0.05, 0) is 41.7 Å². The summed E-state index contributed by atoms with van der Waals surface area (Å²) in [4.78, 5) is 19.2. The fourth-order valence-electron chi connectivity index (χ4n) is 4.21. The Morgan fingerprint density at radius 2 is 1.84 bits per heavy atom. The van der Waals surface area contributed by atoms with Crippen molar-refractivity contribution in [2.75, 3.05) is 18.0 Å². The molecular weight excluding hydrogens is 400 g/mol. The zero-order valence-corrected chi connectivity index (χ0v) is 19.3. The number of hydrogen-bond acceptors (Lipinski definition) is 5. The summed E-state index contributed by atoms with van der Waals surface area (Å²) >= 11 is 0. The van der Waals surface area contributed by atoms with Gasteiger partial charge in [-0.25, -0.2) is 4.98 Å². The van der Waals surface area contributed by atoms with E-state index >= 15 is 0 Å². The lowest BCUT2D eigenvalue weighted by Crippen LogP contribution is -2.39. The van der Waals surface area contributed by atoms with Crippen molar-refractivity contribution < 1.29 is 4.74 Å². The normalized spacial score (nSPS) is 15.0. The highest BCUT2D eigenvalue weighted by atomic mass is 16.5. The molecule has 6 heteroatoms. The number of anilines is 1. The maximum absolute atomic E-state index is 12.5. The molecule has 0 amide bonds. The van der Waals surface area contributed by atoms with Gasteiger partial charge in [0.2, 0.25) is 0 Å². The minimum Gasteiger partial charge on any atom is -0.490 e. The molecule has 0 N–H and O–H groups in total. The number of hydrogen-bond donors (Lipinski definition) is 0. The minimum absolute atomic E-state index is 0.0764. The molecule has 32 heavy (non-hydrogen) atoms. The van der Waals surface area contributed by atoms with Crippen LogP contribution in [0.1, 0.15) is 51.3 Å². The van der Waals surface area contributed by atoms with Crippen molar-refractivity contribution in [2.45, 2.75) is 51.6 Å². The molecule has 0 radical (unpaired) electrons. The van der Waals surface area contributed by atoms with E-state index in [2.05, 4.69) is 61.0 Å². The van der Waals surface area contributed by atoms with Crippen molar-refractivity contribution in [1.29, 1.82) is 5.26 Å². The van der Waals surface area contributed by atoms with Gasteiger partial charge in [0.25, 0.3) is 5.56 Å². The van der Waals surface area contributed by atoms with Crippen LogP contribution in [0.3, 0.4) is 0 Å². The maximum Gasteiger partial charge on any atom is 0.252 e. The van der Waals surface area contributed by atoms with Crippen LogP contribution in [0.5, 0.6) is 5.75 Å². The number of nitrogens with zero attached hydrogens (tertiary/aromatic N) is 4. The second kappa shape index (κ2) is 8.66. The van der Waals surface area contributed by atoms with Crippen LogP contribution in [0.2, 0.25) is 0 Å². The minimum atomic E-state index is -0.0764. The molecule has 1 aliphatic rings. The summed E-state index contributed by atoms with van der Waals surface area (Å²) < 4.78 is 7.83. The molecule has 6 nitrogen and oxygen atoms in total. The first-order valence-electron chi connectivity index (χ1n) is 11.3. The van der Waals surface area contributed by atoms with Crippen molar-refractivity contribution in [1.82, 2.24) is 9.55 Å². The van der Waals surface area contributed by atoms with Gasteiger partial charge in [-0.2, -0.15) is 5.26 Å². The van der Waals surface area contributed by atoms with Gasteiger partial charge in [0.15, 0.2) is 0 Å². The Morgan fingerprint density at radius 1 is 1.16 bits per heavy atom. The smallest absolute Gasteiger partial charge is 0.252 e. The van der Waals surface area contributed by atoms with Crippen LogP contribution >= 0.6 is 0 Å². The lowest BCUT2D eigenvalue weighted by atomic mass is 9.82. The van der Waals surface area contributed by atoms with E-state index in [1.165, 1.54) is 5.56 Å². The van der Waals surface area contributed by atoms with Crippen LogP contribution in [-0.2, 0) is 12.5 Å². The van der Waals surface area contributed by atoms with Crippen molar-refractivity contribution in [3.8, 4) is 11.8 Å². The van der Waals surface area contributed by atoms with E-state index in [0.29, 0.717) is 11.2 Å². The highest BCUT2D eigenvalue weighted by Gasteiger charge is 2.24. The molecular formula is C26H30N4O2. The monoisotopic (exact) mass is 430 g/mol. The van der Waals surface area contributed by atoms with E-state index in [9.17, 15) is 10.1 Å². The van der Waals surface area contributed by atoms with Crippen LogP contribution in [0.15, 0.2) is 47.3 Å². The van der Waals surface area contributed by atoms with Gasteiger partial charge in [-0.15, -0.1) is 0 Å². The molecule has 4 rings (SSSR count). The quantitative estimate of drug-likeness (QED) is 0.594. The molecule has 0 unspecified atom stereocenters. The lowest BCUT2D eigenvalue weighted by Gasteiger charge is -2.34. The number of fused-ring (bicyclic) bond motifs is 1. The third kappa shape index (κ3) is 4.20. The Labute approximate surface area is 189 Å². The zero-order valence-electron chi connectivity index (χ0n) is 19.3. The number of rotatable bonds is 5. The van der Waals surface area contributed by atoms with Gasteiger partial charge in [0, 0.05) is 39.0 Å². The number of ether oxygens (including phenoxy) is 1. The molecule has 2 aromatic heterocycles. The molecule has 0 saturated carbocycles. The van der Waals surface area contributed by atoms with Crippen LogP contribution in [0, 0.1) is 11.3 Å². The average molecular weight is 431 g/mol. The summed E-state index contributed by atoms with van der Waals surface area (Å²) in [5.41, 5.74) is 3.99. The highest BCUT2D eigenvalue weighted by Crippen LogP contribution is 2.30. The SMILES string of the molecule is CCC(C)(C)c1ccc(OC2CCN(c3cc(=O)n(C)c4ccc(C#N)nc34)CC2)cc1. The van der Waals surface area contributed by atoms with Crippen molar-refractivity contribution in [3.63, 3.8) is 0 Å². The second-order valence-electron chi connectivity index (χ2n) is 9.17. The summed E-state index contributed by atoms with van der Waals surface area (Å²) in [5.74, 6) is 0.901. The number of aromatic nitrogens is 2. The average Bonchev–Trinajstić information content (AvgIpc) is 2.82. The van der Waals surface area contributed by atoms with E-state index in [1.54, 1.807) is 29.8 Å². The van der Waals surface area contributed by atoms with Gasteiger partial charge in [0.05, 0.1) is 11.2 Å². The summed E-state index contributed by atoms with van der Waals surface area (Å²) in [7, 11) is 1.73. The lowest BCUT2D eigenvalue weighted by molar-refractivity contribution is 0.171. The number of aryl methyl sites for hydroxylation is 1. The Hall–Kier alpha value is -3.33. The predicted octanol–water partition coefficient (Wildman–Crippen LogP) is 4.54. The van der Waals surface area contributed by atoms with E-state index in [-0.39, 0.29) is 17.1 Å². The first-order chi connectivity index (χ1) is 15.3. The number of pyridine rings is 2. The number of benzene rings is 1. The molecule has 0 atom stereocenters. The van der Waals surface area contributed by atoms with Crippen LogP contribution < -0.4 is 15.2 Å². The molecule has 1 aliphatic heterocycles. The predicted molar refractivity (Wildman–Crippen MR) is 127 cm³/mol. The Kier molecular flexibility index (Phi) is 5.92. The zero-order chi connectivity index (χ0) is 22.9. The summed E-state index contributed by atoms with van der Waals surface area (Å²) in [6, 6.07) is 15.6. The molecule has 3 aromatic rings. The molecule has 1 saturated heterocycles. The molecule has 0 aliphatic carbocycles. The maximum atomic E-state index is 12.5. The van der Waals surface area contributed by atoms with Gasteiger partial charge in [-0.1, -0.05) is 32.9 Å². The molecule has 166 valence electrons. The van der Waals surface area contributed by atoms with E-state index in [4.69, 9.17) is 4.74 Å². The van der Waals surface area contributed by atoms with Crippen molar-refractivity contribution >= 4 is 16.7 Å². The van der Waals surface area contributed by atoms with Gasteiger partial charge in [0.1, 0.15) is 29.1 Å². The van der Waals surface area contributed by atoms with Crippen LogP contribution in [-0.4, -0.2) is 28.7 Å². The van der Waals surface area contributed by atoms with E-state index in [0.717, 1.165) is 49.3 Å². The third-order valence-electron chi connectivity index (χ3n) is 6.79. The largest absolute Gasteiger partial charge is 0.490 e. The summed E-state index contributed by atoms with van der Waals surface area (Å²) in [6.45, 7) is 8.26. The van der Waals surface area contributed by atoms with Gasteiger partial charge >= 0.3 is 0 Å². The van der Waals surface area contributed by atoms with Crippen LogP contribution in [0.25, 0.3) is 11.0 Å². The second-order valence-corrected chi connectivity index (χ2v) is 9.17. The fraction of sp³-hybridized carbons (Fsp3) is 0.423. The van der Waals surface area contributed by atoms with E-state index in [1.807, 2.05) is 0 Å². The van der Waals surface area contributed by atoms with Crippen molar-refractivity contribution in [2.24, 2.45) is 7.05 Å². The van der Waals surface area contributed by atoms with Gasteiger partial charge < -0.3 is 14.2 Å². The van der Waals surface area contributed by atoms with Crippen molar-refractivity contribution in [3.05, 3.63) is 64.1 Å². The Balaban J connectivity index is 1.49.